The number of piperidine rings is 1. The van der Waals surface area contributed by atoms with Crippen LogP contribution in [0.2, 0.25) is 0 Å². The zero-order chi connectivity index (χ0) is 16.0. The molecule has 4 atom stereocenters. The van der Waals surface area contributed by atoms with Gasteiger partial charge >= 0.3 is 0 Å². The van der Waals surface area contributed by atoms with E-state index in [-0.39, 0.29) is 5.41 Å². The van der Waals surface area contributed by atoms with Crippen LogP contribution >= 0.6 is 0 Å². The van der Waals surface area contributed by atoms with Gasteiger partial charge in [0.15, 0.2) is 0 Å². The molecule has 0 amide bonds. The molecule has 2 bridgehead atoms. The summed E-state index contributed by atoms with van der Waals surface area (Å²) in [5.74, 6) is 0. The van der Waals surface area contributed by atoms with Crippen molar-refractivity contribution in [1.82, 2.24) is 9.88 Å². The second-order valence-corrected chi connectivity index (χ2v) is 7.34. The van der Waals surface area contributed by atoms with Crippen LogP contribution in [0.1, 0.15) is 31.0 Å². The summed E-state index contributed by atoms with van der Waals surface area (Å²) >= 11 is 0. The van der Waals surface area contributed by atoms with Crippen molar-refractivity contribution in [1.29, 1.82) is 0 Å². The number of aliphatic hydroxyl groups is 2. The summed E-state index contributed by atoms with van der Waals surface area (Å²) in [7, 11) is 0. The van der Waals surface area contributed by atoms with Crippen molar-refractivity contribution in [3.05, 3.63) is 35.5 Å². The summed E-state index contributed by atoms with van der Waals surface area (Å²) in [5, 5.41) is 22.3. The highest BCUT2D eigenvalue weighted by Crippen LogP contribution is 2.40. The molecule has 1 unspecified atom stereocenters. The molecule has 0 aliphatic carbocycles. The molecule has 124 valence electrons. The van der Waals surface area contributed by atoms with Gasteiger partial charge in [-0.15, -0.1) is 0 Å². The minimum Gasteiger partial charge on any atom is -0.390 e. The van der Waals surface area contributed by atoms with Crippen molar-refractivity contribution in [2.24, 2.45) is 5.41 Å². The molecular formula is C19H26N2O2. The van der Waals surface area contributed by atoms with Crippen LogP contribution < -0.4 is 0 Å². The van der Waals surface area contributed by atoms with E-state index in [2.05, 4.69) is 41.1 Å². The van der Waals surface area contributed by atoms with Crippen LogP contribution in [0, 0.1) is 5.41 Å². The number of benzene rings is 1. The number of hydrogen-bond acceptors (Lipinski definition) is 3. The first-order valence-corrected chi connectivity index (χ1v) is 8.80. The minimum atomic E-state index is -0.628. The quantitative estimate of drug-likeness (QED) is 0.755. The summed E-state index contributed by atoms with van der Waals surface area (Å²) < 4.78 is 0. The van der Waals surface area contributed by atoms with E-state index < -0.39 is 12.2 Å². The van der Waals surface area contributed by atoms with E-state index >= 15 is 0 Å². The highest BCUT2D eigenvalue weighted by molar-refractivity contribution is 5.84. The van der Waals surface area contributed by atoms with E-state index in [1.807, 2.05) is 0 Å². The van der Waals surface area contributed by atoms with Crippen molar-refractivity contribution >= 4 is 10.9 Å². The number of aromatic nitrogens is 1. The first-order chi connectivity index (χ1) is 11.1. The number of aliphatic hydroxyl groups excluding tert-OH is 2. The summed E-state index contributed by atoms with van der Waals surface area (Å²) in [5.41, 5.74) is 3.75. The fourth-order valence-electron chi connectivity index (χ4n) is 4.67. The molecule has 1 saturated heterocycles. The van der Waals surface area contributed by atoms with Gasteiger partial charge in [-0.05, 0) is 37.3 Å². The van der Waals surface area contributed by atoms with Gasteiger partial charge in [-0.1, -0.05) is 25.1 Å². The summed E-state index contributed by atoms with van der Waals surface area (Å²) in [4.78, 5) is 5.94. The molecule has 1 aromatic carbocycles. The maximum absolute atomic E-state index is 10.6. The van der Waals surface area contributed by atoms with Gasteiger partial charge in [-0.25, -0.2) is 0 Å². The van der Waals surface area contributed by atoms with Gasteiger partial charge in [0.2, 0.25) is 0 Å². The largest absolute Gasteiger partial charge is 0.390 e. The van der Waals surface area contributed by atoms with Gasteiger partial charge in [-0.3, -0.25) is 4.90 Å². The average molecular weight is 314 g/mol. The maximum atomic E-state index is 10.6. The van der Waals surface area contributed by atoms with Gasteiger partial charge in [-0.2, -0.15) is 0 Å². The third kappa shape index (κ3) is 2.40. The molecule has 1 aromatic heterocycles. The molecule has 3 heterocycles. The van der Waals surface area contributed by atoms with Gasteiger partial charge in [0, 0.05) is 41.6 Å². The Balaban J connectivity index is 1.75. The van der Waals surface area contributed by atoms with Crippen molar-refractivity contribution in [2.75, 3.05) is 19.6 Å². The maximum Gasteiger partial charge on any atom is 0.0931 e. The van der Waals surface area contributed by atoms with E-state index in [1.54, 1.807) is 0 Å². The number of aromatic amines is 1. The van der Waals surface area contributed by atoms with Gasteiger partial charge in [0.05, 0.1) is 12.2 Å². The predicted molar refractivity (Wildman–Crippen MR) is 91.5 cm³/mol. The van der Waals surface area contributed by atoms with Gasteiger partial charge in [0.25, 0.3) is 0 Å². The van der Waals surface area contributed by atoms with Crippen molar-refractivity contribution in [3.63, 3.8) is 0 Å². The standard InChI is InChI=1S/C19H26N2O2/c1-2-19-9-7-16-14(13-5-3-4-6-15(13)20-16)8-10-21(12-19)11-17(22)18(19)23/h3-6,17-18,20,22-23H,2,7-12H2,1H3/t17-,18+,19-/m0/s1. The lowest BCUT2D eigenvalue weighted by molar-refractivity contribution is -0.127. The molecule has 0 radical (unpaired) electrons. The van der Waals surface area contributed by atoms with Crippen LogP contribution in [0.25, 0.3) is 10.9 Å². The van der Waals surface area contributed by atoms with Crippen LogP contribution in [-0.4, -0.2) is 51.9 Å². The first kappa shape index (κ1) is 15.2. The molecular weight excluding hydrogens is 288 g/mol. The molecule has 4 rings (SSSR count). The Morgan fingerprint density at radius 1 is 1.26 bits per heavy atom. The summed E-state index contributed by atoms with van der Waals surface area (Å²) in [6.45, 7) is 4.56. The molecule has 0 saturated carbocycles. The van der Waals surface area contributed by atoms with E-state index in [0.29, 0.717) is 6.54 Å². The lowest BCUT2D eigenvalue weighted by Crippen LogP contribution is -2.59. The molecule has 4 nitrogen and oxygen atoms in total. The van der Waals surface area contributed by atoms with E-state index in [4.69, 9.17) is 0 Å². The number of aryl methyl sites for hydroxylation is 1. The second-order valence-electron chi connectivity index (χ2n) is 7.34. The van der Waals surface area contributed by atoms with Gasteiger partial charge in [0.1, 0.15) is 0 Å². The SMILES string of the molecule is CC[C@@]12CCc3[nH]c4ccccc4c3CCN(C[C@H](O)[C@H]1O)C2. The Labute approximate surface area is 137 Å². The molecule has 1 fully saturated rings. The molecule has 23 heavy (non-hydrogen) atoms. The highest BCUT2D eigenvalue weighted by Gasteiger charge is 2.46. The van der Waals surface area contributed by atoms with E-state index in [1.165, 1.54) is 22.2 Å². The molecule has 2 aliphatic rings. The van der Waals surface area contributed by atoms with E-state index in [0.717, 1.165) is 38.8 Å². The Morgan fingerprint density at radius 2 is 2.09 bits per heavy atom. The summed E-state index contributed by atoms with van der Waals surface area (Å²) in [6.07, 6.45) is 2.51. The zero-order valence-corrected chi connectivity index (χ0v) is 13.8. The van der Waals surface area contributed by atoms with Crippen LogP contribution in [0.4, 0.5) is 0 Å². The third-order valence-electron chi connectivity index (χ3n) is 6.13. The zero-order valence-electron chi connectivity index (χ0n) is 13.8. The average Bonchev–Trinajstić information content (AvgIpc) is 2.94. The first-order valence-electron chi connectivity index (χ1n) is 8.80. The third-order valence-corrected chi connectivity index (χ3v) is 6.13. The number of nitrogens with one attached hydrogen (secondary N) is 1. The number of para-hydroxylation sites is 1. The van der Waals surface area contributed by atoms with Crippen LogP contribution in [0.3, 0.4) is 0 Å². The second kappa shape index (κ2) is 5.62. The van der Waals surface area contributed by atoms with Crippen LogP contribution in [0.5, 0.6) is 0 Å². The normalized spacial score (nSPS) is 34.5. The lowest BCUT2D eigenvalue weighted by atomic mass is 9.71. The molecule has 3 N–H and O–H groups in total. The Kier molecular flexibility index (Phi) is 3.71. The van der Waals surface area contributed by atoms with Crippen molar-refractivity contribution in [2.45, 2.75) is 44.8 Å². The molecule has 2 aliphatic heterocycles. The van der Waals surface area contributed by atoms with Crippen molar-refractivity contribution < 1.29 is 10.2 Å². The van der Waals surface area contributed by atoms with Gasteiger partial charge < -0.3 is 15.2 Å². The predicted octanol–water partition coefficient (Wildman–Crippen LogP) is 2.09. The number of rotatable bonds is 1. The molecule has 4 heteroatoms. The highest BCUT2D eigenvalue weighted by atomic mass is 16.3. The molecule has 2 aromatic rings. The fraction of sp³-hybridized carbons (Fsp3) is 0.579. The number of fused-ring (bicyclic) bond motifs is 5. The van der Waals surface area contributed by atoms with E-state index in [9.17, 15) is 10.2 Å². The Bertz CT molecular complexity index is 710. The minimum absolute atomic E-state index is 0.198. The van der Waals surface area contributed by atoms with Crippen LogP contribution in [-0.2, 0) is 12.8 Å². The topological polar surface area (TPSA) is 59.5 Å². The van der Waals surface area contributed by atoms with Crippen LogP contribution in [0.15, 0.2) is 24.3 Å². The monoisotopic (exact) mass is 314 g/mol. The number of hydrogen-bond donors (Lipinski definition) is 3. The van der Waals surface area contributed by atoms with Crippen molar-refractivity contribution in [3.8, 4) is 0 Å². The smallest absolute Gasteiger partial charge is 0.0931 e. The number of nitrogens with zero attached hydrogens (tertiary/aromatic N) is 1. The number of H-pyrrole nitrogens is 1. The molecule has 0 spiro atoms. The fourth-order valence-corrected chi connectivity index (χ4v) is 4.67. The Hall–Kier alpha value is -1.36. The lowest BCUT2D eigenvalue weighted by Gasteiger charge is -2.48. The summed E-state index contributed by atoms with van der Waals surface area (Å²) in [6, 6.07) is 8.51. The Morgan fingerprint density at radius 3 is 2.91 bits per heavy atom.